The molecule has 0 aromatic heterocycles. The summed E-state index contributed by atoms with van der Waals surface area (Å²) in [7, 11) is 0. The minimum absolute atomic E-state index is 0.739. The van der Waals surface area contributed by atoms with Crippen molar-refractivity contribution in [1.29, 1.82) is 4.03 Å². The van der Waals surface area contributed by atoms with E-state index in [9.17, 15) is 18.4 Å². The van der Waals surface area contributed by atoms with E-state index in [2.05, 4.69) is 0 Å². The summed E-state index contributed by atoms with van der Waals surface area (Å²) in [5.74, 6) is -4.12. The van der Waals surface area contributed by atoms with E-state index in [1.54, 1.807) is 0 Å². The maximum atomic E-state index is 10.3. The molecule has 0 aliphatic carbocycles. The second kappa shape index (κ2) is 4.81. The number of carboxylic acid groups (broad SMARTS) is 3. The normalized spacial score (nSPS) is 10.8. The van der Waals surface area contributed by atoms with Crippen LogP contribution in [0, 0.1) is 4.03 Å². The molecule has 0 aromatic carbocycles. The molecular weight excluding hydrogens is 233 g/mol. The van der Waals surface area contributed by atoms with E-state index >= 15 is 0 Å². The summed E-state index contributed by atoms with van der Waals surface area (Å²) in [6.45, 7) is 0. The van der Waals surface area contributed by atoms with E-state index in [0.717, 1.165) is 0 Å². The molecule has 0 saturated carbocycles. The fraction of sp³-hybridized carbons (Fsp3) is 0.500. The Kier molecular flexibility index (Phi) is 4.36. The molecule has 14 heavy (non-hydrogen) atoms. The molecule has 0 saturated heterocycles. The standard InChI is InChI=1S/3C2H3O2.N.V/c3*1-2(3)4;;/h3*1H2,(H,3,4);;. The summed E-state index contributed by atoms with van der Waals surface area (Å²) < 4.78 is 9.55. The van der Waals surface area contributed by atoms with Crippen molar-refractivity contribution in [3.8, 4) is 0 Å². The zero-order valence-electron chi connectivity index (χ0n) is 7.08. The van der Waals surface area contributed by atoms with Crippen molar-refractivity contribution in [2.24, 2.45) is 0 Å². The van der Waals surface area contributed by atoms with E-state index < -0.39 is 47.0 Å². The van der Waals surface area contributed by atoms with Gasteiger partial charge in [0.15, 0.2) is 0 Å². The predicted octanol–water partition coefficient (Wildman–Crippen LogP) is 0.128. The van der Waals surface area contributed by atoms with Crippen LogP contribution in [0.5, 0.6) is 0 Å². The van der Waals surface area contributed by atoms with Crippen molar-refractivity contribution in [3.05, 3.63) is 0 Å². The van der Waals surface area contributed by atoms with Gasteiger partial charge in [0.05, 0.1) is 0 Å². The Hall–Kier alpha value is -1.30. The van der Waals surface area contributed by atoms with Crippen molar-refractivity contribution in [2.75, 3.05) is 0 Å². The first-order valence-electron chi connectivity index (χ1n) is 3.49. The van der Waals surface area contributed by atoms with Gasteiger partial charge in [-0.25, -0.2) is 0 Å². The van der Waals surface area contributed by atoms with Crippen LogP contribution >= 0.6 is 0 Å². The summed E-state index contributed by atoms with van der Waals surface area (Å²) in [6, 6.07) is 0. The summed E-state index contributed by atoms with van der Waals surface area (Å²) >= 11 is -4.09. The first-order valence-corrected chi connectivity index (χ1v) is 7.08. The van der Waals surface area contributed by atoms with Gasteiger partial charge in [0, 0.05) is 0 Å². The number of carbonyl (C=O) groups is 3. The van der Waals surface area contributed by atoms with Crippen molar-refractivity contribution < 1.29 is 43.4 Å². The molecule has 0 heterocycles. The topological polar surface area (TPSA) is 136 Å². The third kappa shape index (κ3) is 5.37. The average molecular weight is 242 g/mol. The van der Waals surface area contributed by atoms with Crippen molar-refractivity contribution >= 4 is 17.9 Å². The van der Waals surface area contributed by atoms with Gasteiger partial charge in [-0.1, -0.05) is 0 Å². The van der Waals surface area contributed by atoms with Gasteiger partial charge < -0.3 is 0 Å². The first kappa shape index (κ1) is 12.7. The van der Waals surface area contributed by atoms with E-state index in [1.807, 2.05) is 0 Å². The van der Waals surface area contributed by atoms with Crippen LogP contribution in [0.2, 0.25) is 15.4 Å². The molecule has 0 amide bonds. The van der Waals surface area contributed by atoms with Gasteiger partial charge in [0.2, 0.25) is 0 Å². The summed E-state index contributed by atoms with van der Waals surface area (Å²) in [6.07, 6.45) is 0. The summed E-state index contributed by atoms with van der Waals surface area (Å²) in [4.78, 5) is 30.8. The Morgan fingerprint density at radius 2 is 1.07 bits per heavy atom. The van der Waals surface area contributed by atoms with Gasteiger partial charge in [0.1, 0.15) is 0 Å². The third-order valence-electron chi connectivity index (χ3n) is 1.29. The Labute approximate surface area is 81.2 Å². The minimum atomic E-state index is -4.09. The predicted molar refractivity (Wildman–Crippen MR) is 39.1 cm³/mol. The molecule has 79 valence electrons. The number of carboxylic acids is 3. The number of hydrogen-bond acceptors (Lipinski definition) is 4. The fourth-order valence-electron chi connectivity index (χ4n) is 0.923. The molecule has 0 unspecified atom stereocenters. The molecule has 0 aliphatic rings. The molecule has 0 radical (unpaired) electrons. The van der Waals surface area contributed by atoms with Crippen LogP contribution in [-0.4, -0.2) is 33.2 Å². The van der Waals surface area contributed by atoms with E-state index in [0.29, 0.717) is 0 Å². The van der Waals surface area contributed by atoms with Gasteiger partial charge in [-0.3, -0.25) is 0 Å². The van der Waals surface area contributed by atoms with Crippen molar-refractivity contribution in [2.45, 2.75) is 15.4 Å². The zero-order chi connectivity index (χ0) is 11.4. The Morgan fingerprint density at radius 3 is 1.21 bits per heavy atom. The molecule has 3 N–H and O–H groups in total. The van der Waals surface area contributed by atoms with Crippen LogP contribution in [0.4, 0.5) is 0 Å². The zero-order valence-corrected chi connectivity index (χ0v) is 8.48. The summed E-state index contributed by atoms with van der Waals surface area (Å²) in [5.41, 5.74) is 0. The molecule has 0 fully saturated rings. The second-order valence-electron chi connectivity index (χ2n) is 2.75. The van der Waals surface area contributed by atoms with E-state index in [4.69, 9.17) is 15.3 Å². The monoisotopic (exact) mass is 242 g/mol. The SMILES string of the molecule is [N]#[V]([CH2]C(=O)O)([CH2]C(=O)O)[CH2]C(=O)O. The summed E-state index contributed by atoms with van der Waals surface area (Å²) in [5, 5.41) is 22.9. The molecule has 0 aromatic rings. The molecule has 0 bridgehead atoms. The number of rotatable bonds is 3. The van der Waals surface area contributed by atoms with Gasteiger partial charge in [-0.15, -0.1) is 0 Å². The molecule has 0 spiro atoms. The van der Waals surface area contributed by atoms with Crippen LogP contribution in [-0.2, 0) is 28.0 Å². The van der Waals surface area contributed by atoms with Crippen molar-refractivity contribution in [3.63, 3.8) is 0 Å². The van der Waals surface area contributed by atoms with Crippen LogP contribution in [0.1, 0.15) is 0 Å². The van der Waals surface area contributed by atoms with E-state index in [1.165, 1.54) is 0 Å². The molecule has 0 atom stereocenters. The molecule has 0 rings (SSSR count). The molecule has 0 aliphatic heterocycles. The van der Waals surface area contributed by atoms with Gasteiger partial charge >= 0.3 is 80.7 Å². The quantitative estimate of drug-likeness (QED) is 0.639. The van der Waals surface area contributed by atoms with Crippen LogP contribution in [0.25, 0.3) is 0 Å². The van der Waals surface area contributed by atoms with Crippen LogP contribution in [0.15, 0.2) is 0 Å². The molecule has 8 heteroatoms. The Bertz CT molecular complexity index is 311. The van der Waals surface area contributed by atoms with Crippen LogP contribution in [0.3, 0.4) is 0 Å². The Balaban J connectivity index is 4.69. The average Bonchev–Trinajstić information content (AvgIpc) is 1.76. The Morgan fingerprint density at radius 1 is 0.857 bits per heavy atom. The number of aliphatic carboxylic acids is 3. The van der Waals surface area contributed by atoms with Gasteiger partial charge in [-0.05, 0) is 0 Å². The van der Waals surface area contributed by atoms with Crippen molar-refractivity contribution in [1.82, 2.24) is 0 Å². The third-order valence-corrected chi connectivity index (χ3v) is 5.31. The number of hydrogen-bond donors (Lipinski definition) is 3. The van der Waals surface area contributed by atoms with Gasteiger partial charge in [-0.2, -0.15) is 0 Å². The first-order chi connectivity index (χ1) is 6.25. The fourth-order valence-corrected chi connectivity index (χ4v) is 3.81. The van der Waals surface area contributed by atoms with Crippen LogP contribution < -0.4 is 0 Å². The molecule has 7 nitrogen and oxygen atoms in total. The van der Waals surface area contributed by atoms with E-state index in [-0.39, 0.29) is 0 Å². The van der Waals surface area contributed by atoms with Gasteiger partial charge in [0.25, 0.3) is 0 Å². The molecular formula is C6H9NO6V. The second-order valence-corrected chi connectivity index (χ2v) is 7.65. The number of nitrogens with zero attached hydrogens (tertiary/aromatic N) is 1. The maximum absolute atomic E-state index is 10.3.